The second kappa shape index (κ2) is 10.3. The van der Waals surface area contributed by atoms with E-state index in [9.17, 15) is 14.4 Å². The average Bonchev–Trinajstić information content (AvgIpc) is 3.27. The lowest BCUT2D eigenvalue weighted by molar-refractivity contribution is -0.155. The number of ether oxygens (including phenoxy) is 3. The lowest BCUT2D eigenvalue weighted by Crippen LogP contribution is -2.40. The van der Waals surface area contributed by atoms with Gasteiger partial charge in [-0.25, -0.2) is 4.98 Å². The number of methoxy groups -OCH3 is 2. The van der Waals surface area contributed by atoms with E-state index >= 15 is 0 Å². The summed E-state index contributed by atoms with van der Waals surface area (Å²) in [5.74, 6) is 0.204. The molecule has 3 rings (SSSR count). The van der Waals surface area contributed by atoms with Crippen molar-refractivity contribution in [3.05, 3.63) is 28.8 Å². The maximum Gasteiger partial charge on any atom is 0.306 e. The molecule has 168 valence electrons. The number of nitrogens with zero attached hydrogens (tertiary/aromatic N) is 2. The molecule has 31 heavy (non-hydrogen) atoms. The lowest BCUT2D eigenvalue weighted by atomic mass is 10.2. The van der Waals surface area contributed by atoms with Gasteiger partial charge in [0.25, 0.3) is 11.5 Å². The molecule has 1 aromatic heterocycles. The Hall–Kier alpha value is -3.10. The monoisotopic (exact) mass is 431 g/mol. The van der Waals surface area contributed by atoms with Crippen molar-refractivity contribution in [1.82, 2.24) is 14.9 Å². The molecule has 1 unspecified atom stereocenters. The Bertz CT molecular complexity index is 997. The van der Waals surface area contributed by atoms with E-state index in [2.05, 4.69) is 10.3 Å². The van der Waals surface area contributed by atoms with Crippen molar-refractivity contribution < 1.29 is 23.8 Å². The molecule has 0 bridgehead atoms. The van der Waals surface area contributed by atoms with Crippen molar-refractivity contribution in [2.24, 2.45) is 0 Å². The molecule has 1 heterocycles. The van der Waals surface area contributed by atoms with E-state index in [-0.39, 0.29) is 23.9 Å². The molecule has 1 aliphatic carbocycles. The zero-order valence-electron chi connectivity index (χ0n) is 18.2. The first-order valence-electron chi connectivity index (χ1n) is 10.5. The zero-order valence-corrected chi connectivity index (χ0v) is 18.2. The third-order valence-electron chi connectivity index (χ3n) is 5.49. The van der Waals surface area contributed by atoms with E-state index < -0.39 is 12.1 Å². The molecule has 1 fully saturated rings. The maximum absolute atomic E-state index is 12.8. The van der Waals surface area contributed by atoms with Gasteiger partial charge in [0.2, 0.25) is 0 Å². The summed E-state index contributed by atoms with van der Waals surface area (Å²) in [6.07, 6.45) is 5.26. The Morgan fingerprint density at radius 2 is 1.87 bits per heavy atom. The van der Waals surface area contributed by atoms with Gasteiger partial charge in [0, 0.05) is 25.1 Å². The Morgan fingerprint density at radius 3 is 2.55 bits per heavy atom. The molecule has 1 saturated carbocycles. The highest BCUT2D eigenvalue weighted by Crippen LogP contribution is 2.29. The first kappa shape index (κ1) is 22.6. The molecule has 1 N–H and O–H groups in total. The quantitative estimate of drug-likeness (QED) is 0.606. The molecule has 1 aliphatic rings. The summed E-state index contributed by atoms with van der Waals surface area (Å²) >= 11 is 0. The van der Waals surface area contributed by atoms with Gasteiger partial charge in [-0.2, -0.15) is 0 Å². The minimum absolute atomic E-state index is 0.0947. The summed E-state index contributed by atoms with van der Waals surface area (Å²) in [7, 11) is 3.02. The summed E-state index contributed by atoms with van der Waals surface area (Å²) in [5, 5.41) is 3.32. The molecule has 9 heteroatoms. The summed E-state index contributed by atoms with van der Waals surface area (Å²) in [4.78, 5) is 41.3. The third kappa shape index (κ3) is 5.53. The van der Waals surface area contributed by atoms with Gasteiger partial charge in [0.15, 0.2) is 17.6 Å². The average molecular weight is 431 g/mol. The minimum atomic E-state index is -0.833. The zero-order chi connectivity index (χ0) is 22.4. The van der Waals surface area contributed by atoms with E-state index in [4.69, 9.17) is 14.2 Å². The van der Waals surface area contributed by atoms with Crippen LogP contribution in [0.5, 0.6) is 11.5 Å². The first-order valence-corrected chi connectivity index (χ1v) is 10.5. The first-order chi connectivity index (χ1) is 14.9. The van der Waals surface area contributed by atoms with Crippen molar-refractivity contribution in [3.63, 3.8) is 0 Å². The summed E-state index contributed by atoms with van der Waals surface area (Å²) in [5.41, 5.74) is 0.268. The second-order valence-electron chi connectivity index (χ2n) is 7.69. The van der Waals surface area contributed by atoms with Gasteiger partial charge in [-0.05, 0) is 32.3 Å². The van der Waals surface area contributed by atoms with Crippen molar-refractivity contribution >= 4 is 22.8 Å². The molecule has 1 amide bonds. The van der Waals surface area contributed by atoms with E-state index in [0.717, 1.165) is 25.7 Å². The van der Waals surface area contributed by atoms with Crippen molar-refractivity contribution in [1.29, 1.82) is 0 Å². The summed E-state index contributed by atoms with van der Waals surface area (Å²) in [6, 6.07) is 3.42. The van der Waals surface area contributed by atoms with E-state index in [1.807, 2.05) is 0 Å². The van der Waals surface area contributed by atoms with Crippen LogP contribution >= 0.6 is 0 Å². The Labute approximate surface area is 180 Å². The van der Waals surface area contributed by atoms with E-state index in [1.54, 1.807) is 19.1 Å². The number of esters is 1. The number of benzene rings is 1. The largest absolute Gasteiger partial charge is 0.493 e. The van der Waals surface area contributed by atoms with Crippen LogP contribution in [-0.2, 0) is 20.9 Å². The smallest absolute Gasteiger partial charge is 0.306 e. The molecule has 9 nitrogen and oxygen atoms in total. The van der Waals surface area contributed by atoms with Gasteiger partial charge in [-0.1, -0.05) is 12.8 Å². The number of hydrogen-bond donors (Lipinski definition) is 1. The van der Waals surface area contributed by atoms with Crippen LogP contribution < -0.4 is 20.3 Å². The molecular formula is C22H29N3O6. The van der Waals surface area contributed by atoms with Crippen LogP contribution in [0.4, 0.5) is 0 Å². The normalized spacial score (nSPS) is 14.9. The summed E-state index contributed by atoms with van der Waals surface area (Å²) in [6.45, 7) is 1.87. The second-order valence-corrected chi connectivity index (χ2v) is 7.69. The Balaban J connectivity index is 1.54. The highest BCUT2D eigenvalue weighted by molar-refractivity contribution is 5.83. The fourth-order valence-corrected chi connectivity index (χ4v) is 3.74. The van der Waals surface area contributed by atoms with Gasteiger partial charge >= 0.3 is 5.97 Å². The van der Waals surface area contributed by atoms with Gasteiger partial charge < -0.3 is 19.5 Å². The number of rotatable bonds is 9. The lowest BCUT2D eigenvalue weighted by Gasteiger charge is -2.17. The van der Waals surface area contributed by atoms with Crippen LogP contribution in [0.3, 0.4) is 0 Å². The number of amides is 1. The standard InChI is InChI=1S/C22H29N3O6/c1-14(21(27)24-15-7-4-5-8-15)31-20(26)9-6-10-25-13-23-17-12-19(30-3)18(29-2)11-16(17)22(25)28/h11-15H,4-10H2,1-3H3,(H,24,27). The predicted molar refractivity (Wildman–Crippen MR) is 114 cm³/mol. The number of nitrogens with one attached hydrogen (secondary N) is 1. The maximum atomic E-state index is 12.8. The highest BCUT2D eigenvalue weighted by Gasteiger charge is 2.23. The van der Waals surface area contributed by atoms with E-state index in [0.29, 0.717) is 35.4 Å². The van der Waals surface area contributed by atoms with Crippen LogP contribution in [0.2, 0.25) is 0 Å². The predicted octanol–water partition coefficient (Wildman–Crippen LogP) is 2.18. The molecule has 0 radical (unpaired) electrons. The van der Waals surface area contributed by atoms with Crippen molar-refractivity contribution in [2.45, 2.75) is 64.1 Å². The SMILES string of the molecule is COc1cc2ncn(CCCC(=O)OC(C)C(=O)NC3CCCC3)c(=O)c2cc1OC. The van der Waals surface area contributed by atoms with Crippen LogP contribution in [0.15, 0.2) is 23.3 Å². The topological polar surface area (TPSA) is 109 Å². The number of carbonyl (C=O) groups excluding carboxylic acids is 2. The molecule has 0 aliphatic heterocycles. The van der Waals surface area contributed by atoms with E-state index in [1.165, 1.54) is 25.1 Å². The minimum Gasteiger partial charge on any atom is -0.493 e. The van der Waals surface area contributed by atoms with Gasteiger partial charge in [0.1, 0.15) is 0 Å². The number of hydrogen-bond acceptors (Lipinski definition) is 7. The van der Waals surface area contributed by atoms with Crippen LogP contribution in [0.1, 0.15) is 45.4 Å². The van der Waals surface area contributed by atoms with Crippen LogP contribution in [-0.4, -0.2) is 47.8 Å². The van der Waals surface area contributed by atoms with Crippen molar-refractivity contribution in [2.75, 3.05) is 14.2 Å². The number of carbonyl (C=O) groups is 2. The van der Waals surface area contributed by atoms with Gasteiger partial charge in [-0.3, -0.25) is 19.0 Å². The summed E-state index contributed by atoms with van der Waals surface area (Å²) < 4.78 is 17.2. The molecule has 1 aromatic carbocycles. The molecule has 0 saturated heterocycles. The molecule has 2 aromatic rings. The molecular weight excluding hydrogens is 402 g/mol. The Morgan fingerprint density at radius 1 is 1.19 bits per heavy atom. The fourth-order valence-electron chi connectivity index (χ4n) is 3.74. The van der Waals surface area contributed by atoms with Gasteiger partial charge in [0.05, 0.1) is 31.4 Å². The third-order valence-corrected chi connectivity index (χ3v) is 5.49. The van der Waals surface area contributed by atoms with Gasteiger partial charge in [-0.15, -0.1) is 0 Å². The van der Waals surface area contributed by atoms with Crippen LogP contribution in [0, 0.1) is 0 Å². The fraction of sp³-hybridized carbons (Fsp3) is 0.545. The van der Waals surface area contributed by atoms with Crippen LogP contribution in [0.25, 0.3) is 10.9 Å². The Kier molecular flexibility index (Phi) is 7.49. The molecule has 0 spiro atoms. The number of fused-ring (bicyclic) bond motifs is 1. The van der Waals surface area contributed by atoms with Crippen molar-refractivity contribution in [3.8, 4) is 11.5 Å². The molecule has 1 atom stereocenters. The highest BCUT2D eigenvalue weighted by atomic mass is 16.5. The number of aryl methyl sites for hydroxylation is 1. The number of aromatic nitrogens is 2.